The number of benzene rings is 1. The highest BCUT2D eigenvalue weighted by molar-refractivity contribution is 5.64. The van der Waals surface area contributed by atoms with E-state index in [-0.39, 0.29) is 10.6 Å². The van der Waals surface area contributed by atoms with Crippen molar-refractivity contribution in [2.24, 2.45) is 0 Å². The lowest BCUT2D eigenvalue weighted by atomic mass is 10.2. The minimum atomic E-state index is -0.331. The van der Waals surface area contributed by atoms with Crippen molar-refractivity contribution in [2.75, 3.05) is 43.4 Å². The zero-order chi connectivity index (χ0) is 15.4. The molecule has 1 aromatic carbocycles. The number of anilines is 2. The Morgan fingerprint density at radius 3 is 2.67 bits per heavy atom. The number of likely N-dealkylation sites (N-methyl/N-ethyl adjacent to an activating group) is 1. The maximum Gasteiger partial charge on any atom is 0.273 e. The Balaban J connectivity index is 2.19. The first-order valence-corrected chi connectivity index (χ1v) is 7.55. The molecule has 1 saturated heterocycles. The molecule has 1 aliphatic heterocycles. The summed E-state index contributed by atoms with van der Waals surface area (Å²) in [5.74, 6) is 0. The molecule has 0 amide bonds. The highest BCUT2D eigenvalue weighted by atomic mass is 16.6. The van der Waals surface area contributed by atoms with Crippen LogP contribution >= 0.6 is 0 Å². The van der Waals surface area contributed by atoms with Gasteiger partial charge in [-0.05, 0) is 25.6 Å². The largest absolute Gasteiger partial charge is 0.388 e. The van der Waals surface area contributed by atoms with Crippen LogP contribution in [0.25, 0.3) is 0 Å². The first kappa shape index (κ1) is 15.6. The lowest BCUT2D eigenvalue weighted by Gasteiger charge is -2.26. The van der Waals surface area contributed by atoms with Crippen LogP contribution in [0.3, 0.4) is 0 Å². The summed E-state index contributed by atoms with van der Waals surface area (Å²) in [5, 5.41) is 14.1. The minimum Gasteiger partial charge on any atom is -0.388 e. The number of nitrogens with zero attached hydrogens (tertiary/aromatic N) is 3. The molecule has 1 aromatic rings. The predicted octanol–water partition coefficient (Wildman–Crippen LogP) is 2.56. The van der Waals surface area contributed by atoms with Crippen LogP contribution in [0.5, 0.6) is 0 Å². The van der Waals surface area contributed by atoms with E-state index >= 15 is 0 Å². The quantitative estimate of drug-likeness (QED) is 0.645. The third-order valence-electron chi connectivity index (χ3n) is 4.26. The zero-order valence-electron chi connectivity index (χ0n) is 13.0. The van der Waals surface area contributed by atoms with Gasteiger partial charge in [-0.15, -0.1) is 0 Å². The van der Waals surface area contributed by atoms with Gasteiger partial charge in [0.2, 0.25) is 0 Å². The van der Waals surface area contributed by atoms with Gasteiger partial charge in [-0.3, -0.25) is 15.0 Å². The molecule has 6 heteroatoms. The van der Waals surface area contributed by atoms with Crippen LogP contribution < -0.4 is 10.2 Å². The fourth-order valence-corrected chi connectivity index (χ4v) is 3.04. The molecule has 1 aliphatic rings. The standard InChI is InChI=1S/C15H24N4O2/c1-4-17(5-2)13-6-7-18(11-13)14-8-12(16-3)9-15(10-14)19(20)21/h8-10,13,16H,4-7,11H2,1-3H3. The van der Waals surface area contributed by atoms with Gasteiger partial charge in [-0.1, -0.05) is 13.8 Å². The Labute approximate surface area is 125 Å². The number of nitro groups is 1. The summed E-state index contributed by atoms with van der Waals surface area (Å²) in [6, 6.07) is 5.77. The van der Waals surface area contributed by atoms with Gasteiger partial charge in [0.05, 0.1) is 4.92 Å². The molecular formula is C15H24N4O2. The predicted molar refractivity (Wildman–Crippen MR) is 86.2 cm³/mol. The summed E-state index contributed by atoms with van der Waals surface area (Å²) in [7, 11) is 1.78. The Bertz CT molecular complexity index is 502. The Hall–Kier alpha value is -1.82. The highest BCUT2D eigenvalue weighted by Crippen LogP contribution is 2.30. The molecule has 1 unspecified atom stereocenters. The van der Waals surface area contributed by atoms with Gasteiger partial charge < -0.3 is 10.2 Å². The van der Waals surface area contributed by atoms with Crippen molar-refractivity contribution in [3.8, 4) is 0 Å². The second kappa shape index (κ2) is 6.76. The number of hydrogen-bond donors (Lipinski definition) is 1. The Morgan fingerprint density at radius 2 is 2.10 bits per heavy atom. The summed E-state index contributed by atoms with van der Waals surface area (Å²) in [4.78, 5) is 15.4. The van der Waals surface area contributed by atoms with Crippen molar-refractivity contribution in [3.63, 3.8) is 0 Å². The zero-order valence-corrected chi connectivity index (χ0v) is 13.0. The van der Waals surface area contributed by atoms with E-state index in [0.717, 1.165) is 44.0 Å². The first-order valence-electron chi connectivity index (χ1n) is 7.55. The SMILES string of the molecule is CCN(CC)C1CCN(c2cc(NC)cc([N+](=O)[O-])c2)C1. The third-order valence-corrected chi connectivity index (χ3v) is 4.26. The second-order valence-electron chi connectivity index (χ2n) is 5.35. The minimum absolute atomic E-state index is 0.142. The summed E-state index contributed by atoms with van der Waals surface area (Å²) < 4.78 is 0. The molecular weight excluding hydrogens is 268 g/mol. The van der Waals surface area contributed by atoms with E-state index in [1.54, 1.807) is 19.2 Å². The Morgan fingerprint density at radius 1 is 1.38 bits per heavy atom. The molecule has 0 bridgehead atoms. The normalized spacial score (nSPS) is 18.3. The van der Waals surface area contributed by atoms with E-state index in [1.807, 2.05) is 6.07 Å². The van der Waals surface area contributed by atoms with E-state index in [4.69, 9.17) is 0 Å². The third kappa shape index (κ3) is 3.44. The van der Waals surface area contributed by atoms with E-state index in [0.29, 0.717) is 6.04 Å². The highest BCUT2D eigenvalue weighted by Gasteiger charge is 2.27. The number of non-ortho nitro benzene ring substituents is 1. The molecule has 2 rings (SSSR count). The van der Waals surface area contributed by atoms with Gasteiger partial charge in [-0.2, -0.15) is 0 Å². The van der Waals surface area contributed by atoms with Crippen molar-refractivity contribution < 1.29 is 4.92 Å². The molecule has 1 fully saturated rings. The van der Waals surface area contributed by atoms with E-state index < -0.39 is 0 Å². The fourth-order valence-electron chi connectivity index (χ4n) is 3.04. The summed E-state index contributed by atoms with van der Waals surface area (Å²) in [5.41, 5.74) is 1.86. The van der Waals surface area contributed by atoms with Crippen molar-refractivity contribution in [2.45, 2.75) is 26.3 Å². The monoisotopic (exact) mass is 292 g/mol. The van der Waals surface area contributed by atoms with Crippen molar-refractivity contribution >= 4 is 17.1 Å². The first-order chi connectivity index (χ1) is 10.1. The lowest BCUT2D eigenvalue weighted by molar-refractivity contribution is -0.384. The summed E-state index contributed by atoms with van der Waals surface area (Å²) >= 11 is 0. The van der Waals surface area contributed by atoms with Crippen LogP contribution in [0, 0.1) is 10.1 Å². The topological polar surface area (TPSA) is 61.6 Å². The molecule has 0 saturated carbocycles. The van der Waals surface area contributed by atoms with Gasteiger partial charge in [-0.25, -0.2) is 0 Å². The lowest BCUT2D eigenvalue weighted by Crippen LogP contribution is -2.37. The van der Waals surface area contributed by atoms with Crippen LogP contribution in [0.15, 0.2) is 18.2 Å². The van der Waals surface area contributed by atoms with E-state index in [9.17, 15) is 10.1 Å². The van der Waals surface area contributed by atoms with Gasteiger partial charge in [0.15, 0.2) is 0 Å². The maximum absolute atomic E-state index is 11.1. The smallest absolute Gasteiger partial charge is 0.273 e. The molecule has 1 N–H and O–H groups in total. The number of nitro benzene ring substituents is 1. The van der Waals surface area contributed by atoms with Crippen molar-refractivity contribution in [3.05, 3.63) is 28.3 Å². The number of hydrogen-bond acceptors (Lipinski definition) is 5. The molecule has 21 heavy (non-hydrogen) atoms. The van der Waals surface area contributed by atoms with E-state index in [1.165, 1.54) is 0 Å². The Kier molecular flexibility index (Phi) is 5.01. The fraction of sp³-hybridized carbons (Fsp3) is 0.600. The maximum atomic E-state index is 11.1. The summed E-state index contributed by atoms with van der Waals surface area (Å²) in [6.45, 7) is 8.34. The number of rotatable bonds is 6. The van der Waals surface area contributed by atoms with Crippen LogP contribution in [0.1, 0.15) is 20.3 Å². The molecule has 6 nitrogen and oxygen atoms in total. The van der Waals surface area contributed by atoms with E-state index in [2.05, 4.69) is 29.0 Å². The van der Waals surface area contributed by atoms with Crippen LogP contribution in [0.2, 0.25) is 0 Å². The van der Waals surface area contributed by atoms with Crippen LogP contribution in [0.4, 0.5) is 17.1 Å². The van der Waals surface area contributed by atoms with Crippen molar-refractivity contribution in [1.82, 2.24) is 4.90 Å². The molecule has 116 valence electrons. The van der Waals surface area contributed by atoms with Gasteiger partial charge in [0.1, 0.15) is 0 Å². The summed E-state index contributed by atoms with van der Waals surface area (Å²) in [6.07, 6.45) is 1.11. The molecule has 0 radical (unpaired) electrons. The molecule has 0 aliphatic carbocycles. The molecule has 1 heterocycles. The van der Waals surface area contributed by atoms with Gasteiger partial charge in [0.25, 0.3) is 5.69 Å². The van der Waals surface area contributed by atoms with Gasteiger partial charge >= 0.3 is 0 Å². The average Bonchev–Trinajstić information content (AvgIpc) is 2.97. The second-order valence-corrected chi connectivity index (χ2v) is 5.35. The average molecular weight is 292 g/mol. The van der Waals surface area contributed by atoms with Crippen LogP contribution in [-0.2, 0) is 0 Å². The molecule has 0 spiro atoms. The molecule has 0 aromatic heterocycles. The molecule has 1 atom stereocenters. The number of nitrogens with one attached hydrogen (secondary N) is 1. The van der Waals surface area contributed by atoms with Gasteiger partial charge in [0, 0.05) is 49.7 Å². The van der Waals surface area contributed by atoms with Crippen LogP contribution in [-0.4, -0.2) is 49.1 Å². The van der Waals surface area contributed by atoms with Crippen molar-refractivity contribution in [1.29, 1.82) is 0 Å².